The highest BCUT2D eigenvalue weighted by Gasteiger charge is 2.35. The molecule has 0 radical (unpaired) electrons. The molecule has 3 aromatic rings. The van der Waals surface area contributed by atoms with Crippen LogP contribution in [0.25, 0.3) is 6.08 Å². The lowest BCUT2D eigenvalue weighted by atomic mass is 10.2. The molecule has 0 atom stereocenters. The Bertz CT molecular complexity index is 1260. The third-order valence-electron chi connectivity index (χ3n) is 4.59. The van der Waals surface area contributed by atoms with Gasteiger partial charge in [-0.05, 0) is 65.4 Å². The highest BCUT2D eigenvalue weighted by Crippen LogP contribution is 2.34. The molecule has 160 valence electrons. The summed E-state index contributed by atoms with van der Waals surface area (Å²) in [7, 11) is 0. The molecule has 0 aromatic heterocycles. The van der Waals surface area contributed by atoms with Crippen molar-refractivity contribution in [2.75, 3.05) is 0 Å². The van der Waals surface area contributed by atoms with E-state index in [1.165, 1.54) is 11.0 Å². The minimum Gasteiger partial charge on any atom is -0.423 e. The Morgan fingerprint density at radius 1 is 1.03 bits per heavy atom. The number of thioether (sulfide) groups is 1. The van der Waals surface area contributed by atoms with Gasteiger partial charge < -0.3 is 4.74 Å². The molecule has 0 bridgehead atoms. The molecular formula is C24H15BrClNO4S. The SMILES string of the molecule is O=C(Oc1cccc(/C=C2\SC(=O)N(Cc3ccccc3Br)C2=O)c1)c1cccc(Cl)c1. The molecule has 0 saturated carbocycles. The van der Waals surface area contributed by atoms with Gasteiger partial charge in [0.1, 0.15) is 5.75 Å². The van der Waals surface area contributed by atoms with Crippen LogP contribution < -0.4 is 4.74 Å². The van der Waals surface area contributed by atoms with E-state index in [0.29, 0.717) is 26.8 Å². The van der Waals surface area contributed by atoms with Gasteiger partial charge in [-0.1, -0.05) is 63.9 Å². The van der Waals surface area contributed by atoms with Crippen LogP contribution in [-0.2, 0) is 11.3 Å². The Labute approximate surface area is 202 Å². The Kier molecular flexibility index (Phi) is 6.79. The molecule has 0 spiro atoms. The second-order valence-electron chi connectivity index (χ2n) is 6.83. The van der Waals surface area contributed by atoms with Crippen molar-refractivity contribution in [1.29, 1.82) is 0 Å². The topological polar surface area (TPSA) is 63.7 Å². The van der Waals surface area contributed by atoms with Gasteiger partial charge >= 0.3 is 5.97 Å². The number of rotatable bonds is 5. The Balaban J connectivity index is 1.50. The Morgan fingerprint density at radius 3 is 2.59 bits per heavy atom. The number of halogens is 2. The summed E-state index contributed by atoms with van der Waals surface area (Å²) in [6.45, 7) is 0.181. The van der Waals surface area contributed by atoms with Gasteiger partial charge in [-0.3, -0.25) is 14.5 Å². The molecule has 1 aliphatic rings. The number of carbonyl (C=O) groups excluding carboxylic acids is 3. The molecule has 5 nitrogen and oxygen atoms in total. The Morgan fingerprint density at radius 2 is 1.81 bits per heavy atom. The second-order valence-corrected chi connectivity index (χ2v) is 9.12. The second kappa shape index (κ2) is 9.73. The van der Waals surface area contributed by atoms with Gasteiger partial charge in [-0.15, -0.1) is 0 Å². The molecule has 2 amide bonds. The maximum atomic E-state index is 12.8. The quantitative estimate of drug-likeness (QED) is 0.213. The number of ether oxygens (including phenoxy) is 1. The Hall–Kier alpha value is -2.87. The van der Waals surface area contributed by atoms with Crippen molar-refractivity contribution in [3.05, 3.63) is 104 Å². The lowest BCUT2D eigenvalue weighted by Crippen LogP contribution is -2.27. The summed E-state index contributed by atoms with van der Waals surface area (Å²) in [5, 5.41) is 0.104. The van der Waals surface area contributed by atoms with Gasteiger partial charge in [0.05, 0.1) is 17.0 Å². The van der Waals surface area contributed by atoms with E-state index in [2.05, 4.69) is 15.9 Å². The van der Waals surface area contributed by atoms with E-state index in [1.54, 1.807) is 48.5 Å². The van der Waals surface area contributed by atoms with Crippen molar-refractivity contribution in [1.82, 2.24) is 4.90 Å². The van der Waals surface area contributed by atoms with Crippen molar-refractivity contribution in [2.45, 2.75) is 6.54 Å². The summed E-state index contributed by atoms with van der Waals surface area (Å²) in [4.78, 5) is 39.1. The minimum atomic E-state index is -0.543. The van der Waals surface area contributed by atoms with Gasteiger partial charge in [-0.25, -0.2) is 4.79 Å². The van der Waals surface area contributed by atoms with Gasteiger partial charge in [-0.2, -0.15) is 0 Å². The van der Waals surface area contributed by atoms with Crippen LogP contribution in [0, 0.1) is 0 Å². The fourth-order valence-electron chi connectivity index (χ4n) is 3.03. The van der Waals surface area contributed by atoms with Gasteiger partial charge in [0.2, 0.25) is 0 Å². The average molecular weight is 529 g/mol. The molecule has 8 heteroatoms. The van der Waals surface area contributed by atoms with Gasteiger partial charge in [0, 0.05) is 9.50 Å². The van der Waals surface area contributed by atoms with Crippen LogP contribution in [0.15, 0.2) is 82.2 Å². The minimum absolute atomic E-state index is 0.181. The number of hydrogen-bond acceptors (Lipinski definition) is 5. The molecule has 4 rings (SSSR count). The number of esters is 1. The number of carbonyl (C=O) groups is 3. The number of hydrogen-bond donors (Lipinski definition) is 0. The first-order valence-electron chi connectivity index (χ1n) is 9.47. The highest BCUT2D eigenvalue weighted by atomic mass is 79.9. The largest absolute Gasteiger partial charge is 0.423 e. The van der Waals surface area contributed by atoms with E-state index in [-0.39, 0.29) is 17.7 Å². The zero-order chi connectivity index (χ0) is 22.7. The molecular weight excluding hydrogens is 514 g/mol. The molecule has 3 aromatic carbocycles. The molecule has 1 fully saturated rings. The predicted molar refractivity (Wildman–Crippen MR) is 129 cm³/mol. The molecule has 0 aliphatic carbocycles. The van der Waals surface area contributed by atoms with Crippen molar-refractivity contribution >= 4 is 62.5 Å². The van der Waals surface area contributed by atoms with Gasteiger partial charge in [0.15, 0.2) is 0 Å². The van der Waals surface area contributed by atoms with Crippen LogP contribution in [-0.4, -0.2) is 22.0 Å². The van der Waals surface area contributed by atoms with E-state index in [4.69, 9.17) is 16.3 Å². The fraction of sp³-hybridized carbons (Fsp3) is 0.0417. The standard InChI is InChI=1S/C24H15BrClNO4S/c25-20-10-2-1-6-17(20)14-27-22(28)21(32-24(27)30)12-15-5-3-9-19(11-15)31-23(29)16-7-4-8-18(26)13-16/h1-13H,14H2/b21-12-. The van der Waals surface area contributed by atoms with E-state index in [9.17, 15) is 14.4 Å². The predicted octanol–water partition coefficient (Wildman–Crippen LogP) is 6.56. The molecule has 0 N–H and O–H groups in total. The van der Waals surface area contributed by atoms with Crippen molar-refractivity contribution in [3.63, 3.8) is 0 Å². The van der Waals surface area contributed by atoms with Crippen molar-refractivity contribution in [3.8, 4) is 5.75 Å². The molecule has 1 aliphatic heterocycles. The first-order valence-corrected chi connectivity index (χ1v) is 11.5. The van der Waals surface area contributed by atoms with Crippen LogP contribution >= 0.6 is 39.3 Å². The van der Waals surface area contributed by atoms with Crippen LogP contribution in [0.3, 0.4) is 0 Å². The number of amides is 2. The number of imide groups is 1. The zero-order valence-electron chi connectivity index (χ0n) is 16.5. The van der Waals surface area contributed by atoms with Gasteiger partial charge in [0.25, 0.3) is 11.1 Å². The summed E-state index contributed by atoms with van der Waals surface area (Å²) >= 11 is 10.2. The van der Waals surface area contributed by atoms with E-state index >= 15 is 0 Å². The van der Waals surface area contributed by atoms with Crippen LogP contribution in [0.2, 0.25) is 5.02 Å². The summed E-state index contributed by atoms with van der Waals surface area (Å²) in [6, 6.07) is 20.6. The first-order chi connectivity index (χ1) is 15.4. The summed E-state index contributed by atoms with van der Waals surface area (Å²) in [5.41, 5.74) is 1.80. The van der Waals surface area contributed by atoms with Crippen LogP contribution in [0.1, 0.15) is 21.5 Å². The normalized spacial score (nSPS) is 14.8. The number of nitrogens with zero attached hydrogens (tertiary/aromatic N) is 1. The zero-order valence-corrected chi connectivity index (χ0v) is 19.6. The van der Waals surface area contributed by atoms with E-state index in [0.717, 1.165) is 21.8 Å². The smallest absolute Gasteiger partial charge is 0.343 e. The van der Waals surface area contributed by atoms with Crippen LogP contribution in [0.4, 0.5) is 4.79 Å². The summed E-state index contributed by atoms with van der Waals surface area (Å²) in [5.74, 6) is -0.591. The fourth-order valence-corrected chi connectivity index (χ4v) is 4.47. The highest BCUT2D eigenvalue weighted by molar-refractivity contribution is 9.10. The maximum Gasteiger partial charge on any atom is 0.343 e. The number of benzene rings is 3. The van der Waals surface area contributed by atoms with Crippen LogP contribution in [0.5, 0.6) is 5.75 Å². The molecule has 32 heavy (non-hydrogen) atoms. The monoisotopic (exact) mass is 527 g/mol. The molecule has 1 heterocycles. The summed E-state index contributed by atoms with van der Waals surface area (Å²) in [6.07, 6.45) is 1.61. The van der Waals surface area contributed by atoms with Crippen molar-refractivity contribution in [2.24, 2.45) is 0 Å². The first kappa shape index (κ1) is 22.3. The average Bonchev–Trinajstić information content (AvgIpc) is 3.03. The molecule has 0 unspecified atom stereocenters. The third-order valence-corrected chi connectivity index (χ3v) is 6.50. The molecule has 1 saturated heterocycles. The third kappa shape index (κ3) is 5.12. The lowest BCUT2D eigenvalue weighted by Gasteiger charge is -2.13. The lowest BCUT2D eigenvalue weighted by molar-refractivity contribution is -0.123. The van der Waals surface area contributed by atoms with E-state index < -0.39 is 5.97 Å². The maximum absolute atomic E-state index is 12.8. The van der Waals surface area contributed by atoms with E-state index in [1.807, 2.05) is 24.3 Å². The van der Waals surface area contributed by atoms with Crippen molar-refractivity contribution < 1.29 is 19.1 Å². The summed E-state index contributed by atoms with van der Waals surface area (Å²) < 4.78 is 6.25.